The summed E-state index contributed by atoms with van der Waals surface area (Å²) >= 11 is 1.37. The highest BCUT2D eigenvalue weighted by atomic mass is 32.2. The first kappa shape index (κ1) is 18.5. The summed E-state index contributed by atoms with van der Waals surface area (Å²) in [6.07, 6.45) is 0. The summed E-state index contributed by atoms with van der Waals surface area (Å²) in [5.74, 6) is -0.144. The van der Waals surface area contributed by atoms with Gasteiger partial charge in [-0.1, -0.05) is 25.2 Å². The fourth-order valence-corrected chi connectivity index (χ4v) is 4.20. The molecule has 0 aliphatic heterocycles. The molecule has 0 fully saturated rings. The molecule has 1 N–H and O–H groups in total. The zero-order chi connectivity index (χ0) is 17.7. The van der Waals surface area contributed by atoms with Crippen LogP contribution in [0.4, 0.5) is 5.13 Å². The van der Waals surface area contributed by atoms with Gasteiger partial charge in [-0.25, -0.2) is 8.42 Å². The third kappa shape index (κ3) is 4.16. The Morgan fingerprint density at radius 3 is 2.29 bits per heavy atom. The number of aryl methyl sites for hydroxylation is 1. The lowest BCUT2D eigenvalue weighted by molar-refractivity contribution is 0.101. The standard InChI is InChI=1S/C15H20N4O3S2/c1-4-19(5-2)24(21,22)13-8-6-12(7-9-13)14(20)10-16-15-18-17-11(3)23-15/h6-9H,4-5,10H2,1-3H3,(H,16,18). The maximum Gasteiger partial charge on any atom is 0.243 e. The number of hydrogen-bond donors (Lipinski definition) is 1. The van der Waals surface area contributed by atoms with E-state index in [0.717, 1.165) is 5.01 Å². The van der Waals surface area contributed by atoms with Crippen LogP contribution in [-0.4, -0.2) is 48.3 Å². The van der Waals surface area contributed by atoms with Crippen molar-refractivity contribution in [1.29, 1.82) is 0 Å². The van der Waals surface area contributed by atoms with Gasteiger partial charge in [-0.2, -0.15) is 4.31 Å². The van der Waals surface area contributed by atoms with Gasteiger partial charge in [-0.05, 0) is 31.2 Å². The van der Waals surface area contributed by atoms with Crippen LogP contribution < -0.4 is 5.32 Å². The smallest absolute Gasteiger partial charge is 0.243 e. The van der Waals surface area contributed by atoms with Crippen molar-refractivity contribution >= 4 is 32.3 Å². The van der Waals surface area contributed by atoms with Gasteiger partial charge in [0.25, 0.3) is 0 Å². The van der Waals surface area contributed by atoms with Gasteiger partial charge in [0.2, 0.25) is 15.2 Å². The molecule has 0 bridgehead atoms. The van der Waals surface area contributed by atoms with Crippen molar-refractivity contribution in [2.45, 2.75) is 25.7 Å². The molecule has 0 saturated carbocycles. The SMILES string of the molecule is CCN(CC)S(=O)(=O)c1ccc(C(=O)CNc2nnc(C)s2)cc1. The highest BCUT2D eigenvalue weighted by molar-refractivity contribution is 7.89. The number of anilines is 1. The van der Waals surface area contributed by atoms with Crippen molar-refractivity contribution in [3.63, 3.8) is 0 Å². The fraction of sp³-hybridized carbons (Fsp3) is 0.400. The molecular weight excluding hydrogens is 348 g/mol. The van der Waals surface area contributed by atoms with E-state index in [0.29, 0.717) is 23.8 Å². The normalized spacial score (nSPS) is 11.7. The Labute approximate surface area is 145 Å². The van der Waals surface area contributed by atoms with Crippen LogP contribution in [0.2, 0.25) is 0 Å². The van der Waals surface area contributed by atoms with Crippen LogP contribution in [0.3, 0.4) is 0 Å². The molecule has 0 aliphatic carbocycles. The number of carbonyl (C=O) groups is 1. The first-order chi connectivity index (χ1) is 11.4. The number of rotatable bonds is 8. The molecule has 0 atom stereocenters. The number of benzene rings is 1. The van der Waals surface area contributed by atoms with Gasteiger partial charge < -0.3 is 5.32 Å². The number of sulfonamides is 1. The molecule has 9 heteroatoms. The lowest BCUT2D eigenvalue weighted by atomic mass is 10.1. The lowest BCUT2D eigenvalue weighted by Gasteiger charge is -2.18. The Kier molecular flexibility index (Phi) is 6.03. The molecule has 0 aliphatic rings. The number of nitrogens with one attached hydrogen (secondary N) is 1. The Morgan fingerprint density at radius 1 is 1.17 bits per heavy atom. The summed E-state index contributed by atoms with van der Waals surface area (Å²) in [7, 11) is -3.51. The molecule has 0 spiro atoms. The molecule has 1 heterocycles. The first-order valence-corrected chi connectivity index (χ1v) is 9.81. The van der Waals surface area contributed by atoms with Crippen molar-refractivity contribution in [3.05, 3.63) is 34.8 Å². The summed E-state index contributed by atoms with van der Waals surface area (Å²) in [6, 6.07) is 6.00. The van der Waals surface area contributed by atoms with E-state index in [1.807, 2.05) is 6.92 Å². The summed E-state index contributed by atoms with van der Waals surface area (Å²) in [6.45, 7) is 6.31. The molecule has 0 amide bonds. The summed E-state index contributed by atoms with van der Waals surface area (Å²) in [5, 5.41) is 12.1. The van der Waals surface area contributed by atoms with Gasteiger partial charge in [0.05, 0.1) is 11.4 Å². The average Bonchev–Trinajstić information content (AvgIpc) is 2.99. The highest BCUT2D eigenvalue weighted by Gasteiger charge is 2.21. The van der Waals surface area contributed by atoms with Gasteiger partial charge in [0, 0.05) is 18.7 Å². The zero-order valence-electron chi connectivity index (χ0n) is 13.8. The van der Waals surface area contributed by atoms with Crippen molar-refractivity contribution in [1.82, 2.24) is 14.5 Å². The molecule has 0 saturated heterocycles. The number of aromatic nitrogens is 2. The van der Waals surface area contributed by atoms with Crippen LogP contribution in [0.15, 0.2) is 29.2 Å². The summed E-state index contributed by atoms with van der Waals surface area (Å²) < 4.78 is 26.2. The number of Topliss-reactive ketones (excluding diaryl/α,β-unsaturated/α-hetero) is 1. The number of carbonyl (C=O) groups excluding carboxylic acids is 1. The molecular formula is C15H20N4O3S2. The van der Waals surface area contributed by atoms with E-state index in [-0.39, 0.29) is 17.2 Å². The predicted octanol–water partition coefficient (Wildman–Crippen LogP) is 2.17. The molecule has 1 aromatic carbocycles. The molecule has 130 valence electrons. The average molecular weight is 368 g/mol. The molecule has 1 aromatic heterocycles. The van der Waals surface area contributed by atoms with Gasteiger partial charge in [0.1, 0.15) is 5.01 Å². The van der Waals surface area contributed by atoms with E-state index in [1.165, 1.54) is 39.9 Å². The second kappa shape index (κ2) is 7.82. The van der Waals surface area contributed by atoms with Crippen LogP contribution in [0.1, 0.15) is 29.2 Å². The van der Waals surface area contributed by atoms with Gasteiger partial charge >= 0.3 is 0 Å². The van der Waals surface area contributed by atoms with Crippen LogP contribution >= 0.6 is 11.3 Å². The lowest BCUT2D eigenvalue weighted by Crippen LogP contribution is -2.30. The Morgan fingerprint density at radius 2 is 1.79 bits per heavy atom. The van der Waals surface area contributed by atoms with Crippen molar-refractivity contribution in [2.24, 2.45) is 0 Å². The number of nitrogens with zero attached hydrogens (tertiary/aromatic N) is 3. The summed E-state index contributed by atoms with van der Waals surface area (Å²) in [4.78, 5) is 12.4. The summed E-state index contributed by atoms with van der Waals surface area (Å²) in [5.41, 5.74) is 0.447. The molecule has 0 unspecified atom stereocenters. The van der Waals surface area contributed by atoms with Gasteiger partial charge in [-0.3, -0.25) is 4.79 Å². The van der Waals surface area contributed by atoms with E-state index in [4.69, 9.17) is 0 Å². The minimum Gasteiger partial charge on any atom is -0.353 e. The monoisotopic (exact) mass is 368 g/mol. The van der Waals surface area contributed by atoms with Gasteiger partial charge in [-0.15, -0.1) is 10.2 Å². The quantitative estimate of drug-likeness (QED) is 0.718. The molecule has 2 aromatic rings. The van der Waals surface area contributed by atoms with Crippen LogP contribution in [0, 0.1) is 6.92 Å². The zero-order valence-corrected chi connectivity index (χ0v) is 15.4. The van der Waals surface area contributed by atoms with Crippen molar-refractivity contribution in [2.75, 3.05) is 25.0 Å². The Bertz CT molecular complexity index is 796. The largest absolute Gasteiger partial charge is 0.353 e. The molecule has 7 nitrogen and oxygen atoms in total. The van der Waals surface area contributed by atoms with Crippen LogP contribution in [0.5, 0.6) is 0 Å². The van der Waals surface area contributed by atoms with E-state index in [2.05, 4.69) is 15.5 Å². The van der Waals surface area contributed by atoms with Gasteiger partial charge in [0.15, 0.2) is 5.78 Å². The van der Waals surface area contributed by atoms with E-state index in [1.54, 1.807) is 13.8 Å². The maximum absolute atomic E-state index is 12.4. The van der Waals surface area contributed by atoms with Crippen molar-refractivity contribution in [3.8, 4) is 0 Å². The van der Waals surface area contributed by atoms with E-state index >= 15 is 0 Å². The first-order valence-electron chi connectivity index (χ1n) is 7.55. The van der Waals surface area contributed by atoms with Crippen LogP contribution in [0.25, 0.3) is 0 Å². The second-order valence-electron chi connectivity index (χ2n) is 5.02. The topological polar surface area (TPSA) is 92.3 Å². The van der Waals surface area contributed by atoms with Crippen LogP contribution in [-0.2, 0) is 10.0 Å². The van der Waals surface area contributed by atoms with E-state index in [9.17, 15) is 13.2 Å². The molecule has 24 heavy (non-hydrogen) atoms. The maximum atomic E-state index is 12.4. The highest BCUT2D eigenvalue weighted by Crippen LogP contribution is 2.17. The Hall–Kier alpha value is -1.84. The van der Waals surface area contributed by atoms with E-state index < -0.39 is 10.0 Å². The fourth-order valence-electron chi connectivity index (χ4n) is 2.15. The number of ketones is 1. The predicted molar refractivity (Wildman–Crippen MR) is 94.0 cm³/mol. The molecule has 0 radical (unpaired) electrons. The third-order valence-electron chi connectivity index (χ3n) is 3.45. The van der Waals surface area contributed by atoms with Crippen molar-refractivity contribution < 1.29 is 13.2 Å². The number of hydrogen-bond acceptors (Lipinski definition) is 7. The minimum absolute atomic E-state index is 0.0801. The minimum atomic E-state index is -3.51. The third-order valence-corrected chi connectivity index (χ3v) is 6.31. The Balaban J connectivity index is 2.07. The second-order valence-corrected chi connectivity index (χ2v) is 8.14. The molecule has 2 rings (SSSR count).